The summed E-state index contributed by atoms with van der Waals surface area (Å²) >= 11 is 0. The van der Waals surface area contributed by atoms with Gasteiger partial charge in [-0.1, -0.05) is 34.1 Å². The number of hydrogen-bond donors (Lipinski definition) is 0. The van der Waals surface area contributed by atoms with Gasteiger partial charge in [0.15, 0.2) is 0 Å². The predicted molar refractivity (Wildman–Crippen MR) is 53.2 cm³/mol. The largest absolute Gasteiger partial charge is 0.299 e. The summed E-state index contributed by atoms with van der Waals surface area (Å²) in [5, 5.41) is 0. The highest BCUT2D eigenvalue weighted by atomic mass is 16.1. The van der Waals surface area contributed by atoms with Crippen molar-refractivity contribution in [3.63, 3.8) is 0 Å². The molecule has 0 aromatic heterocycles. The molecule has 0 aliphatic carbocycles. The van der Waals surface area contributed by atoms with E-state index in [-0.39, 0.29) is 5.41 Å². The Kier molecular flexibility index (Phi) is 4.51. The third-order valence-electron chi connectivity index (χ3n) is 3.13. The van der Waals surface area contributed by atoms with E-state index in [0.717, 1.165) is 12.8 Å². The predicted octanol–water partition coefficient (Wildman–Crippen LogP) is 3.43. The Balaban J connectivity index is 4.23. The average Bonchev–Trinajstić information content (AvgIpc) is 2.03. The second-order valence-corrected chi connectivity index (χ2v) is 4.19. The number of ketones is 1. The lowest BCUT2D eigenvalue weighted by Crippen LogP contribution is -2.26. The summed E-state index contributed by atoms with van der Waals surface area (Å²) in [5.74, 6) is 1.00. The number of carbonyl (C=O) groups is 1. The van der Waals surface area contributed by atoms with Crippen molar-refractivity contribution in [1.82, 2.24) is 0 Å². The maximum Gasteiger partial charge on any atom is 0.135 e. The molecule has 2 unspecified atom stereocenters. The zero-order chi connectivity index (χ0) is 9.78. The van der Waals surface area contributed by atoms with Gasteiger partial charge < -0.3 is 0 Å². The molecule has 12 heavy (non-hydrogen) atoms. The lowest BCUT2D eigenvalue weighted by atomic mass is 9.76. The Morgan fingerprint density at radius 2 is 1.92 bits per heavy atom. The number of carbonyl (C=O) groups excluding carboxylic acids is 1. The zero-order valence-electron chi connectivity index (χ0n) is 9.11. The number of rotatable bonds is 5. The van der Waals surface area contributed by atoms with E-state index in [2.05, 4.69) is 27.7 Å². The molecule has 0 radical (unpaired) electrons. The van der Waals surface area contributed by atoms with E-state index in [1.807, 2.05) is 0 Å². The summed E-state index contributed by atoms with van der Waals surface area (Å²) in [5.41, 5.74) is -0.0740. The molecule has 0 aliphatic heterocycles. The summed E-state index contributed by atoms with van der Waals surface area (Å²) in [6, 6.07) is 0. The molecule has 0 bridgehead atoms. The molecule has 0 heterocycles. The summed E-state index contributed by atoms with van der Waals surface area (Å²) in [6.07, 6.45) is 3.17. The molecule has 0 amide bonds. The van der Waals surface area contributed by atoms with Gasteiger partial charge in [-0.25, -0.2) is 0 Å². The summed E-state index contributed by atoms with van der Waals surface area (Å²) in [7, 11) is 0. The van der Waals surface area contributed by atoms with Gasteiger partial charge in [-0.2, -0.15) is 0 Å². The van der Waals surface area contributed by atoms with Gasteiger partial charge in [0.2, 0.25) is 0 Å². The van der Waals surface area contributed by atoms with Crippen LogP contribution in [0.15, 0.2) is 0 Å². The smallest absolute Gasteiger partial charge is 0.135 e. The fraction of sp³-hybridized carbons (Fsp3) is 0.909. The molecule has 0 spiro atoms. The molecule has 0 N–H and O–H groups in total. The topological polar surface area (TPSA) is 17.1 Å². The van der Waals surface area contributed by atoms with Gasteiger partial charge in [-0.3, -0.25) is 4.79 Å². The Hall–Kier alpha value is -0.330. The van der Waals surface area contributed by atoms with Gasteiger partial charge >= 0.3 is 0 Å². The van der Waals surface area contributed by atoms with Gasteiger partial charge in [0, 0.05) is 5.41 Å². The SMILES string of the molecule is CCC(C)CC(C)(CC)C(C)=O. The average molecular weight is 170 g/mol. The minimum absolute atomic E-state index is 0.0740. The van der Waals surface area contributed by atoms with Crippen LogP contribution in [-0.4, -0.2) is 5.78 Å². The standard InChI is InChI=1S/C11H22O/c1-6-9(3)8-11(5,7-2)10(4)12/h9H,6-8H2,1-5H3. The van der Waals surface area contributed by atoms with Gasteiger partial charge in [0.25, 0.3) is 0 Å². The first-order valence-corrected chi connectivity index (χ1v) is 4.97. The highest BCUT2D eigenvalue weighted by Gasteiger charge is 2.28. The van der Waals surface area contributed by atoms with Crippen LogP contribution in [0.25, 0.3) is 0 Å². The van der Waals surface area contributed by atoms with Crippen molar-refractivity contribution in [3.8, 4) is 0 Å². The van der Waals surface area contributed by atoms with Crippen LogP contribution in [0.1, 0.15) is 53.9 Å². The normalized spacial score (nSPS) is 18.4. The first kappa shape index (κ1) is 11.7. The van der Waals surface area contributed by atoms with E-state index in [1.165, 1.54) is 6.42 Å². The van der Waals surface area contributed by atoms with Crippen LogP contribution in [-0.2, 0) is 4.79 Å². The molecule has 0 aliphatic rings. The lowest BCUT2D eigenvalue weighted by molar-refractivity contribution is -0.126. The first-order chi connectivity index (χ1) is 5.46. The Morgan fingerprint density at radius 1 is 1.42 bits per heavy atom. The van der Waals surface area contributed by atoms with Crippen molar-refractivity contribution in [1.29, 1.82) is 0 Å². The molecule has 0 aromatic rings. The second-order valence-electron chi connectivity index (χ2n) is 4.19. The highest BCUT2D eigenvalue weighted by Crippen LogP contribution is 2.31. The molecule has 0 saturated carbocycles. The van der Waals surface area contributed by atoms with Crippen LogP contribution in [0.5, 0.6) is 0 Å². The van der Waals surface area contributed by atoms with Crippen molar-refractivity contribution in [2.45, 2.75) is 53.9 Å². The minimum atomic E-state index is -0.0740. The fourth-order valence-corrected chi connectivity index (χ4v) is 1.45. The molecule has 0 aromatic carbocycles. The maximum absolute atomic E-state index is 11.3. The molecule has 1 nitrogen and oxygen atoms in total. The third-order valence-corrected chi connectivity index (χ3v) is 3.13. The van der Waals surface area contributed by atoms with Gasteiger partial charge in [-0.15, -0.1) is 0 Å². The molecule has 2 atom stereocenters. The maximum atomic E-state index is 11.3. The van der Waals surface area contributed by atoms with E-state index in [9.17, 15) is 4.79 Å². The molecule has 1 heteroatoms. The van der Waals surface area contributed by atoms with E-state index in [0.29, 0.717) is 11.7 Å². The third kappa shape index (κ3) is 2.96. The first-order valence-electron chi connectivity index (χ1n) is 4.97. The van der Waals surface area contributed by atoms with Crippen molar-refractivity contribution in [2.75, 3.05) is 0 Å². The minimum Gasteiger partial charge on any atom is -0.299 e. The van der Waals surface area contributed by atoms with Crippen LogP contribution in [0, 0.1) is 11.3 Å². The molecular formula is C11H22O. The van der Waals surface area contributed by atoms with Gasteiger partial charge in [0.1, 0.15) is 5.78 Å². The van der Waals surface area contributed by atoms with Crippen molar-refractivity contribution in [2.24, 2.45) is 11.3 Å². The molecule has 0 fully saturated rings. The Morgan fingerprint density at radius 3 is 2.17 bits per heavy atom. The molecule has 0 saturated heterocycles. The monoisotopic (exact) mass is 170 g/mol. The van der Waals surface area contributed by atoms with Gasteiger partial charge in [0.05, 0.1) is 0 Å². The van der Waals surface area contributed by atoms with Crippen molar-refractivity contribution >= 4 is 5.78 Å². The van der Waals surface area contributed by atoms with E-state index >= 15 is 0 Å². The van der Waals surface area contributed by atoms with Crippen molar-refractivity contribution in [3.05, 3.63) is 0 Å². The number of hydrogen-bond acceptors (Lipinski definition) is 1. The van der Waals surface area contributed by atoms with Gasteiger partial charge in [-0.05, 0) is 25.7 Å². The van der Waals surface area contributed by atoms with E-state index < -0.39 is 0 Å². The molecule has 0 rings (SSSR count). The summed E-state index contributed by atoms with van der Waals surface area (Å²) in [6.45, 7) is 10.3. The Bertz CT molecular complexity index is 151. The van der Waals surface area contributed by atoms with E-state index in [1.54, 1.807) is 6.92 Å². The van der Waals surface area contributed by atoms with E-state index in [4.69, 9.17) is 0 Å². The van der Waals surface area contributed by atoms with Crippen LogP contribution in [0.2, 0.25) is 0 Å². The summed E-state index contributed by atoms with van der Waals surface area (Å²) in [4.78, 5) is 11.3. The summed E-state index contributed by atoms with van der Waals surface area (Å²) < 4.78 is 0. The Labute approximate surface area is 76.6 Å². The van der Waals surface area contributed by atoms with Crippen molar-refractivity contribution < 1.29 is 4.79 Å². The molecule has 72 valence electrons. The lowest BCUT2D eigenvalue weighted by Gasteiger charge is -2.27. The van der Waals surface area contributed by atoms with Crippen LogP contribution in [0.3, 0.4) is 0 Å². The van der Waals surface area contributed by atoms with Crippen LogP contribution < -0.4 is 0 Å². The highest BCUT2D eigenvalue weighted by molar-refractivity contribution is 5.81. The quantitative estimate of drug-likeness (QED) is 0.618. The number of Topliss-reactive ketones (excluding diaryl/α,β-unsaturated/α-hetero) is 1. The fourth-order valence-electron chi connectivity index (χ4n) is 1.45. The molecular weight excluding hydrogens is 148 g/mol. The zero-order valence-corrected chi connectivity index (χ0v) is 9.11. The second kappa shape index (κ2) is 4.64. The van der Waals surface area contributed by atoms with Crippen LogP contribution in [0.4, 0.5) is 0 Å². The van der Waals surface area contributed by atoms with Crippen LogP contribution >= 0.6 is 0 Å².